The van der Waals surface area contributed by atoms with Crippen LogP contribution in [-0.2, 0) is 6.54 Å². The molecule has 19 heavy (non-hydrogen) atoms. The van der Waals surface area contributed by atoms with Gasteiger partial charge in [-0.3, -0.25) is 0 Å². The number of nitrogens with zero attached hydrogens (tertiary/aromatic N) is 2. The van der Waals surface area contributed by atoms with Crippen LogP contribution >= 0.6 is 11.8 Å². The van der Waals surface area contributed by atoms with Crippen molar-refractivity contribution in [3.8, 4) is 0 Å². The number of aliphatic hydroxyl groups excluding tert-OH is 1. The smallest absolute Gasteiger partial charge is 0.187 e. The topological polar surface area (TPSA) is 58.0 Å². The van der Waals surface area contributed by atoms with E-state index in [0.29, 0.717) is 13.1 Å². The lowest BCUT2D eigenvalue weighted by molar-refractivity contribution is 0.174. The van der Waals surface area contributed by atoms with E-state index in [9.17, 15) is 5.11 Å². The minimum atomic E-state index is -0.493. The van der Waals surface area contributed by atoms with Crippen molar-refractivity contribution in [3.63, 3.8) is 0 Å². The Morgan fingerprint density at radius 2 is 1.89 bits per heavy atom. The Labute approximate surface area is 117 Å². The number of benzene rings is 1. The van der Waals surface area contributed by atoms with Crippen LogP contribution in [0.25, 0.3) is 0 Å². The highest BCUT2D eigenvalue weighted by molar-refractivity contribution is 7.98. The Balaban J connectivity index is 1.79. The third-order valence-corrected chi connectivity index (χ3v) is 3.29. The second kappa shape index (κ2) is 7.23. The number of hydrogen-bond donors (Lipinski definition) is 2. The lowest BCUT2D eigenvalue weighted by atomic mass is 10.1. The Hall–Kier alpha value is -1.43. The molecule has 2 N–H and O–H groups in total. The normalized spacial score (nSPS) is 12.3. The van der Waals surface area contributed by atoms with Gasteiger partial charge in [-0.25, -0.2) is 9.97 Å². The summed E-state index contributed by atoms with van der Waals surface area (Å²) in [4.78, 5) is 8.40. The summed E-state index contributed by atoms with van der Waals surface area (Å²) in [6, 6.07) is 9.63. The van der Waals surface area contributed by atoms with Gasteiger partial charge in [0.2, 0.25) is 0 Å². The zero-order valence-corrected chi connectivity index (χ0v) is 11.6. The first-order valence-electron chi connectivity index (χ1n) is 6.08. The molecule has 0 radical (unpaired) electrons. The van der Waals surface area contributed by atoms with E-state index in [4.69, 9.17) is 0 Å². The molecule has 1 aromatic heterocycles. The van der Waals surface area contributed by atoms with Gasteiger partial charge in [0.1, 0.15) is 0 Å². The highest BCUT2D eigenvalue weighted by atomic mass is 32.2. The van der Waals surface area contributed by atoms with Crippen molar-refractivity contribution in [2.45, 2.75) is 17.8 Å². The molecule has 1 heterocycles. The zero-order valence-electron chi connectivity index (χ0n) is 10.8. The second-order valence-electron chi connectivity index (χ2n) is 4.14. The van der Waals surface area contributed by atoms with Gasteiger partial charge in [-0.2, -0.15) is 0 Å². The summed E-state index contributed by atoms with van der Waals surface area (Å²) in [5, 5.41) is 14.0. The maximum absolute atomic E-state index is 9.98. The Morgan fingerprint density at radius 3 is 2.53 bits per heavy atom. The van der Waals surface area contributed by atoms with Crippen LogP contribution in [0.1, 0.15) is 17.2 Å². The Morgan fingerprint density at radius 1 is 1.21 bits per heavy atom. The van der Waals surface area contributed by atoms with Gasteiger partial charge < -0.3 is 10.4 Å². The van der Waals surface area contributed by atoms with Gasteiger partial charge in [-0.15, -0.1) is 0 Å². The molecule has 4 nitrogen and oxygen atoms in total. The fourth-order valence-corrected chi connectivity index (χ4v) is 2.00. The lowest BCUT2D eigenvalue weighted by Gasteiger charge is -2.12. The van der Waals surface area contributed by atoms with Crippen molar-refractivity contribution in [2.75, 3.05) is 12.8 Å². The van der Waals surface area contributed by atoms with Crippen molar-refractivity contribution in [2.24, 2.45) is 0 Å². The van der Waals surface area contributed by atoms with E-state index >= 15 is 0 Å². The fraction of sp³-hybridized carbons (Fsp3) is 0.286. The quantitative estimate of drug-likeness (QED) is 0.624. The van der Waals surface area contributed by atoms with E-state index in [1.54, 1.807) is 12.4 Å². The summed E-state index contributed by atoms with van der Waals surface area (Å²) in [7, 11) is 0. The van der Waals surface area contributed by atoms with Crippen LogP contribution in [0.15, 0.2) is 47.9 Å². The first-order chi connectivity index (χ1) is 9.29. The van der Waals surface area contributed by atoms with Crippen molar-refractivity contribution < 1.29 is 5.11 Å². The molecule has 0 saturated heterocycles. The average Bonchev–Trinajstić information content (AvgIpc) is 2.49. The minimum absolute atomic E-state index is 0.493. The van der Waals surface area contributed by atoms with E-state index in [-0.39, 0.29) is 0 Å². The molecule has 2 aromatic rings. The van der Waals surface area contributed by atoms with E-state index in [2.05, 4.69) is 15.3 Å². The van der Waals surface area contributed by atoms with Crippen molar-refractivity contribution in [1.29, 1.82) is 0 Å². The maximum atomic E-state index is 9.98. The third kappa shape index (κ3) is 4.31. The number of thioether (sulfide) groups is 1. The molecule has 2 rings (SSSR count). The number of aromatic nitrogens is 2. The van der Waals surface area contributed by atoms with E-state index in [0.717, 1.165) is 16.3 Å². The molecule has 0 aliphatic rings. The summed E-state index contributed by atoms with van der Waals surface area (Å²) >= 11 is 1.52. The van der Waals surface area contributed by atoms with Gasteiger partial charge in [0.15, 0.2) is 5.16 Å². The molecule has 0 amide bonds. The van der Waals surface area contributed by atoms with Gasteiger partial charge in [0.25, 0.3) is 0 Å². The van der Waals surface area contributed by atoms with Crippen LogP contribution in [0, 0.1) is 0 Å². The van der Waals surface area contributed by atoms with E-state index < -0.39 is 6.10 Å². The van der Waals surface area contributed by atoms with Crippen LogP contribution in [0.5, 0.6) is 0 Å². The number of nitrogens with one attached hydrogen (secondary N) is 1. The van der Waals surface area contributed by atoms with Crippen LogP contribution in [0.2, 0.25) is 0 Å². The van der Waals surface area contributed by atoms with Gasteiger partial charge >= 0.3 is 0 Å². The third-order valence-electron chi connectivity index (χ3n) is 2.72. The van der Waals surface area contributed by atoms with Crippen LogP contribution in [0.3, 0.4) is 0 Å². The predicted octanol–water partition coefficient (Wildman–Crippen LogP) is 2.02. The number of hydrogen-bond acceptors (Lipinski definition) is 5. The maximum Gasteiger partial charge on any atom is 0.187 e. The highest BCUT2D eigenvalue weighted by Crippen LogP contribution is 2.11. The minimum Gasteiger partial charge on any atom is -0.387 e. The summed E-state index contributed by atoms with van der Waals surface area (Å²) in [5.41, 5.74) is 1.93. The van der Waals surface area contributed by atoms with Gasteiger partial charge in [-0.05, 0) is 11.8 Å². The summed E-state index contributed by atoms with van der Waals surface area (Å²) in [6.45, 7) is 1.16. The van der Waals surface area contributed by atoms with Crippen LogP contribution in [-0.4, -0.2) is 27.9 Å². The molecule has 1 aromatic carbocycles. The monoisotopic (exact) mass is 275 g/mol. The zero-order chi connectivity index (χ0) is 13.5. The lowest BCUT2D eigenvalue weighted by Crippen LogP contribution is -2.21. The Kier molecular flexibility index (Phi) is 5.32. The molecule has 1 atom stereocenters. The predicted molar refractivity (Wildman–Crippen MR) is 76.9 cm³/mol. The highest BCUT2D eigenvalue weighted by Gasteiger charge is 2.06. The van der Waals surface area contributed by atoms with E-state index in [1.807, 2.05) is 36.6 Å². The Bertz CT molecular complexity index is 490. The molecular formula is C14H17N3OS. The largest absolute Gasteiger partial charge is 0.387 e. The van der Waals surface area contributed by atoms with Gasteiger partial charge in [-0.1, -0.05) is 42.1 Å². The fourth-order valence-electron chi connectivity index (χ4n) is 1.69. The van der Waals surface area contributed by atoms with Crippen molar-refractivity contribution >= 4 is 11.8 Å². The van der Waals surface area contributed by atoms with Crippen LogP contribution < -0.4 is 5.32 Å². The van der Waals surface area contributed by atoms with Crippen LogP contribution in [0.4, 0.5) is 0 Å². The first-order valence-corrected chi connectivity index (χ1v) is 7.30. The molecule has 5 heteroatoms. The summed E-state index contributed by atoms with van der Waals surface area (Å²) in [5.74, 6) is 0. The molecule has 0 bridgehead atoms. The van der Waals surface area contributed by atoms with Crippen molar-refractivity contribution in [3.05, 3.63) is 53.9 Å². The molecule has 1 unspecified atom stereocenters. The molecule has 0 aliphatic heterocycles. The molecule has 100 valence electrons. The molecule has 0 saturated carbocycles. The SMILES string of the molecule is CSc1ncc(CNCC(O)c2ccccc2)cn1. The molecular weight excluding hydrogens is 258 g/mol. The van der Waals surface area contributed by atoms with Crippen molar-refractivity contribution in [1.82, 2.24) is 15.3 Å². The second-order valence-corrected chi connectivity index (χ2v) is 4.91. The van der Waals surface area contributed by atoms with E-state index in [1.165, 1.54) is 11.8 Å². The van der Waals surface area contributed by atoms with Gasteiger partial charge in [0, 0.05) is 31.0 Å². The summed E-state index contributed by atoms with van der Waals surface area (Å²) in [6.07, 6.45) is 5.07. The number of rotatable bonds is 6. The number of aliphatic hydroxyl groups is 1. The summed E-state index contributed by atoms with van der Waals surface area (Å²) < 4.78 is 0. The van der Waals surface area contributed by atoms with Gasteiger partial charge in [0.05, 0.1) is 6.10 Å². The average molecular weight is 275 g/mol. The molecule has 0 fully saturated rings. The molecule has 0 aliphatic carbocycles. The first kappa shape index (κ1) is 14.0. The standard InChI is InChI=1S/C14H17N3OS/c1-19-14-16-8-11(9-17-14)7-15-10-13(18)12-5-3-2-4-6-12/h2-6,8-9,13,15,18H,7,10H2,1H3. The molecule has 0 spiro atoms.